The maximum atomic E-state index is 5.75. The molecule has 0 amide bonds. The number of hydrogen-bond acceptors (Lipinski definition) is 3. The van der Waals surface area contributed by atoms with E-state index in [0.29, 0.717) is 9.22 Å². The number of hydrogen-bond donors (Lipinski definition) is 0. The van der Waals surface area contributed by atoms with Crippen LogP contribution in [-0.4, -0.2) is 10.1 Å². The molecule has 13 heavy (non-hydrogen) atoms. The van der Waals surface area contributed by atoms with Gasteiger partial charge in [-0.15, -0.1) is 0 Å². The van der Waals surface area contributed by atoms with Crippen LogP contribution in [0, 0.1) is 0 Å². The van der Waals surface area contributed by atoms with Crippen molar-refractivity contribution < 1.29 is 27.9 Å². The van der Waals surface area contributed by atoms with Crippen molar-refractivity contribution in [1.29, 1.82) is 0 Å². The Morgan fingerprint density at radius 3 is 2.62 bits per heavy atom. The predicted molar refractivity (Wildman–Crippen MR) is 45.2 cm³/mol. The van der Waals surface area contributed by atoms with E-state index < -0.39 is 23.3 Å². The second-order valence-electron chi connectivity index (χ2n) is 2.51. The van der Waals surface area contributed by atoms with Crippen LogP contribution in [0.25, 0.3) is 11.4 Å². The molecule has 0 fully saturated rings. The van der Waals surface area contributed by atoms with Crippen molar-refractivity contribution in [2.45, 2.75) is 0 Å². The van der Waals surface area contributed by atoms with Crippen LogP contribution in [0.3, 0.4) is 0 Å². The molecule has 0 aliphatic heterocycles. The van der Waals surface area contributed by atoms with Crippen molar-refractivity contribution in [3.63, 3.8) is 0 Å². The Bertz CT molecular complexity index is 390. The van der Waals surface area contributed by atoms with E-state index in [0.717, 1.165) is 5.56 Å². The number of rotatable bonds is 2. The molecule has 0 spiro atoms. The van der Waals surface area contributed by atoms with Crippen LogP contribution >= 0.6 is 8.25 Å². The van der Waals surface area contributed by atoms with Gasteiger partial charge in [0, 0.05) is 0 Å². The first-order chi connectivity index (χ1) is 6.40. The van der Waals surface area contributed by atoms with Crippen LogP contribution in [0.2, 0.25) is 0 Å². The van der Waals surface area contributed by atoms with E-state index in [1.165, 1.54) is 0 Å². The first-order valence-electron chi connectivity index (χ1n) is 3.84. The third-order valence-electron chi connectivity index (χ3n) is 1.61. The number of nitrogens with zero attached hydrogens (tertiary/aromatic N) is 2. The van der Waals surface area contributed by atoms with Crippen LogP contribution in [0.5, 0.6) is 0 Å². The van der Waals surface area contributed by atoms with E-state index in [2.05, 4.69) is 10.1 Å². The van der Waals surface area contributed by atoms with E-state index in [9.17, 15) is 0 Å². The van der Waals surface area contributed by atoms with E-state index in [-0.39, 0.29) is 0 Å². The molecule has 0 unspecified atom stereocenters. The molecular formula is C8H5ClHgN2O. The van der Waals surface area contributed by atoms with E-state index in [1.54, 1.807) is 0 Å². The van der Waals surface area contributed by atoms with Crippen molar-refractivity contribution in [3.05, 3.63) is 30.3 Å². The third-order valence-corrected chi connectivity index (χ3v) is 5.63. The Morgan fingerprint density at radius 1 is 1.23 bits per heavy atom. The molecule has 1 heterocycles. The van der Waals surface area contributed by atoms with Crippen LogP contribution in [0.15, 0.2) is 34.9 Å². The summed E-state index contributed by atoms with van der Waals surface area (Å²) in [5.41, 5.74) is 0.969. The van der Waals surface area contributed by atoms with Gasteiger partial charge in [-0.2, -0.15) is 0 Å². The summed E-state index contributed by atoms with van der Waals surface area (Å²) in [5, 5.41) is 3.84. The van der Waals surface area contributed by atoms with Gasteiger partial charge in [0.2, 0.25) is 0 Å². The number of benzene rings is 1. The Labute approximate surface area is 91.0 Å². The van der Waals surface area contributed by atoms with E-state index in [4.69, 9.17) is 12.8 Å². The van der Waals surface area contributed by atoms with Crippen molar-refractivity contribution in [2.75, 3.05) is 0 Å². The fourth-order valence-corrected chi connectivity index (χ4v) is 3.22. The van der Waals surface area contributed by atoms with Crippen molar-refractivity contribution in [3.8, 4) is 11.4 Å². The molecule has 0 radical (unpaired) electrons. The molecule has 2 rings (SSSR count). The summed E-state index contributed by atoms with van der Waals surface area (Å²) in [6.07, 6.45) is 0. The molecule has 0 saturated heterocycles. The standard InChI is InChI=1S/C8H5N2O.ClH.Hg/c1-2-4-7(5-3-1)8-9-6-11-10-8;;/h1-5H;1H;/q;;+1/p-1. The van der Waals surface area contributed by atoms with Gasteiger partial charge in [0.25, 0.3) is 0 Å². The third kappa shape index (κ3) is 2.09. The fraction of sp³-hybridized carbons (Fsp3) is 0. The summed E-state index contributed by atoms with van der Waals surface area (Å²) < 4.78 is 5.64. The Balaban J connectivity index is 2.36. The normalized spacial score (nSPS) is 9.62. The summed E-state index contributed by atoms with van der Waals surface area (Å²) in [5.74, 6) is 0.635. The van der Waals surface area contributed by atoms with Crippen LogP contribution in [0.4, 0.5) is 0 Å². The second kappa shape index (κ2) is 4.20. The minimum atomic E-state index is -1.53. The van der Waals surface area contributed by atoms with Crippen molar-refractivity contribution in [1.82, 2.24) is 10.1 Å². The molecule has 0 saturated carbocycles. The molecule has 1 aromatic carbocycles. The van der Waals surface area contributed by atoms with Gasteiger partial charge in [-0.25, -0.2) is 0 Å². The predicted octanol–water partition coefficient (Wildman–Crippen LogP) is 1.60. The molecule has 0 N–H and O–H groups in total. The SMILES string of the molecule is [Cl][Hg][c]1nc(-c2ccccc2)no1. The maximum absolute atomic E-state index is 5.75. The molecular weight excluding hydrogens is 376 g/mol. The molecule has 1 aromatic heterocycles. The molecule has 0 aliphatic carbocycles. The van der Waals surface area contributed by atoms with Crippen molar-refractivity contribution >= 4 is 11.6 Å². The molecule has 5 heteroatoms. The summed E-state index contributed by atoms with van der Waals surface area (Å²) in [7, 11) is 5.75. The average Bonchev–Trinajstić information content (AvgIpc) is 2.67. The van der Waals surface area contributed by atoms with Gasteiger partial charge < -0.3 is 0 Å². The molecule has 0 bridgehead atoms. The summed E-state index contributed by atoms with van der Waals surface area (Å²) in [6, 6.07) is 9.72. The van der Waals surface area contributed by atoms with Gasteiger partial charge in [0.05, 0.1) is 0 Å². The van der Waals surface area contributed by atoms with Crippen LogP contribution in [0.1, 0.15) is 0 Å². The zero-order valence-electron chi connectivity index (χ0n) is 6.77. The Kier molecular flexibility index (Phi) is 2.96. The second-order valence-corrected chi connectivity index (χ2v) is 8.25. The number of halogens is 1. The summed E-state index contributed by atoms with van der Waals surface area (Å²) >= 11 is -1.53. The molecule has 0 aliphatic rings. The molecule has 62 valence electrons. The van der Waals surface area contributed by atoms with Gasteiger partial charge in [0.15, 0.2) is 0 Å². The summed E-state index contributed by atoms with van der Waals surface area (Å²) in [4.78, 5) is 4.19. The van der Waals surface area contributed by atoms with Gasteiger partial charge in [0.1, 0.15) is 0 Å². The van der Waals surface area contributed by atoms with Gasteiger partial charge in [-0.05, 0) is 0 Å². The van der Waals surface area contributed by atoms with Gasteiger partial charge in [-0.1, -0.05) is 0 Å². The monoisotopic (exact) mass is 382 g/mol. The molecule has 0 atom stereocenters. The first-order valence-corrected chi connectivity index (χ1v) is 13.4. The van der Waals surface area contributed by atoms with E-state index >= 15 is 0 Å². The van der Waals surface area contributed by atoms with Gasteiger partial charge >= 0.3 is 91.4 Å². The molecule has 2 aromatic rings. The average molecular weight is 381 g/mol. The molecule has 3 nitrogen and oxygen atoms in total. The zero-order chi connectivity index (χ0) is 9.10. The van der Waals surface area contributed by atoms with Crippen LogP contribution < -0.4 is 3.40 Å². The Hall–Kier alpha value is -0.415. The van der Waals surface area contributed by atoms with Crippen molar-refractivity contribution in [2.24, 2.45) is 0 Å². The topological polar surface area (TPSA) is 38.9 Å². The zero-order valence-corrected chi connectivity index (χ0v) is 13.0. The minimum absolute atomic E-state index is 0.635. The van der Waals surface area contributed by atoms with Gasteiger partial charge in [-0.3, -0.25) is 0 Å². The number of aromatic nitrogens is 2. The van der Waals surface area contributed by atoms with E-state index in [1.807, 2.05) is 30.3 Å². The first kappa shape index (κ1) is 9.15. The fourth-order valence-electron chi connectivity index (χ4n) is 1.01. The van der Waals surface area contributed by atoms with Crippen LogP contribution in [-0.2, 0) is 23.3 Å². The quantitative estimate of drug-likeness (QED) is 0.742. The Morgan fingerprint density at radius 2 is 2.00 bits per heavy atom. The summed E-state index contributed by atoms with van der Waals surface area (Å²) in [6.45, 7) is 0.